The summed E-state index contributed by atoms with van der Waals surface area (Å²) in [6, 6.07) is 7.24. The van der Waals surface area contributed by atoms with Gasteiger partial charge in [-0.3, -0.25) is 4.79 Å². The van der Waals surface area contributed by atoms with Gasteiger partial charge in [0.1, 0.15) is 5.82 Å². The summed E-state index contributed by atoms with van der Waals surface area (Å²) >= 11 is 5.69. The average Bonchev–Trinajstić information content (AvgIpc) is 2.71. The highest BCUT2D eigenvalue weighted by atomic mass is 35.5. The van der Waals surface area contributed by atoms with Crippen LogP contribution in [0, 0.1) is 11.7 Å². The second kappa shape index (κ2) is 9.16. The van der Waals surface area contributed by atoms with E-state index in [1.54, 1.807) is 0 Å². The van der Waals surface area contributed by atoms with Gasteiger partial charge in [0.15, 0.2) is 9.84 Å². The van der Waals surface area contributed by atoms with Gasteiger partial charge in [-0.05, 0) is 68.0 Å². The zero-order valence-electron chi connectivity index (χ0n) is 16.3. The van der Waals surface area contributed by atoms with Crippen molar-refractivity contribution >= 4 is 27.3 Å². The lowest BCUT2D eigenvalue weighted by Crippen LogP contribution is -2.38. The highest BCUT2D eigenvalue weighted by Gasteiger charge is 2.33. The second-order valence-electron chi connectivity index (χ2n) is 7.63. The van der Waals surface area contributed by atoms with Gasteiger partial charge >= 0.3 is 6.18 Å². The minimum atomic E-state index is -4.61. The lowest BCUT2D eigenvalue weighted by atomic mass is 9.87. The molecule has 3 rings (SSSR count). The molecule has 31 heavy (non-hydrogen) atoms. The van der Waals surface area contributed by atoms with Crippen LogP contribution in [0.1, 0.15) is 41.6 Å². The Morgan fingerprint density at radius 1 is 1.06 bits per heavy atom. The first-order chi connectivity index (χ1) is 14.5. The molecule has 1 aliphatic carbocycles. The molecule has 0 spiro atoms. The molecule has 1 aliphatic rings. The molecule has 0 heterocycles. The lowest BCUT2D eigenvalue weighted by Gasteiger charge is -2.29. The molecule has 0 unspecified atom stereocenters. The molecule has 1 amide bonds. The summed E-state index contributed by atoms with van der Waals surface area (Å²) in [7, 11) is -3.87. The van der Waals surface area contributed by atoms with E-state index in [1.165, 1.54) is 18.2 Å². The Balaban J connectivity index is 1.57. The van der Waals surface area contributed by atoms with E-state index in [0.717, 1.165) is 18.2 Å². The summed E-state index contributed by atoms with van der Waals surface area (Å²) in [5, 5.41) is 2.67. The zero-order chi connectivity index (χ0) is 22.8. The van der Waals surface area contributed by atoms with E-state index in [9.17, 15) is 30.8 Å². The molecule has 1 N–H and O–H groups in total. The van der Waals surface area contributed by atoms with Gasteiger partial charge in [-0.1, -0.05) is 17.7 Å². The van der Waals surface area contributed by atoms with Gasteiger partial charge in [-0.15, -0.1) is 0 Å². The highest BCUT2D eigenvalue weighted by molar-refractivity contribution is 7.91. The number of hydrogen-bond donors (Lipinski definition) is 1. The molecular formula is C21H20ClF4NO3S. The maximum atomic E-state index is 13.2. The van der Waals surface area contributed by atoms with Crippen molar-refractivity contribution in [3.63, 3.8) is 0 Å². The number of halogens is 5. The Morgan fingerprint density at radius 2 is 1.74 bits per heavy atom. The molecule has 0 radical (unpaired) electrons. The first-order valence-electron chi connectivity index (χ1n) is 9.61. The number of hydrogen-bond acceptors (Lipinski definition) is 3. The van der Waals surface area contributed by atoms with E-state index in [1.807, 2.05) is 0 Å². The molecule has 0 aromatic heterocycles. The Labute approximate surface area is 182 Å². The van der Waals surface area contributed by atoms with Gasteiger partial charge in [0.2, 0.25) is 0 Å². The third-order valence-corrected chi connectivity index (χ3v) is 7.51. The van der Waals surface area contributed by atoms with Crippen molar-refractivity contribution in [2.24, 2.45) is 5.92 Å². The molecule has 0 atom stereocenters. The van der Waals surface area contributed by atoms with Crippen LogP contribution in [-0.2, 0) is 16.0 Å². The van der Waals surface area contributed by atoms with E-state index in [0.29, 0.717) is 31.7 Å². The van der Waals surface area contributed by atoms with Crippen LogP contribution in [0.5, 0.6) is 0 Å². The van der Waals surface area contributed by atoms with Crippen molar-refractivity contribution < 1.29 is 30.8 Å². The van der Waals surface area contributed by atoms with Crippen LogP contribution >= 0.6 is 11.6 Å². The van der Waals surface area contributed by atoms with E-state index < -0.39 is 33.3 Å². The van der Waals surface area contributed by atoms with Gasteiger partial charge in [-0.25, -0.2) is 12.8 Å². The van der Waals surface area contributed by atoms with Crippen LogP contribution in [0.2, 0.25) is 5.02 Å². The van der Waals surface area contributed by atoms with Crippen LogP contribution in [0.25, 0.3) is 0 Å². The van der Waals surface area contributed by atoms with Gasteiger partial charge in [0, 0.05) is 11.6 Å². The van der Waals surface area contributed by atoms with Crippen molar-refractivity contribution in [2.75, 3.05) is 5.75 Å². The molecule has 0 aliphatic heterocycles. The zero-order valence-corrected chi connectivity index (χ0v) is 17.8. The molecule has 2 aromatic carbocycles. The molecule has 0 bridgehead atoms. The Bertz CT molecular complexity index is 1060. The van der Waals surface area contributed by atoms with E-state index in [-0.39, 0.29) is 33.2 Å². The monoisotopic (exact) mass is 477 g/mol. The standard InChI is InChI=1S/C21H20ClF4NO3S/c22-18-10-14(6-9-19(18)23)20(28)27-16-7-4-13(5-8-16)12-31(29,30)17-3-1-2-15(11-17)21(24,25)26/h1-3,6,9-11,13,16H,4-5,7-8,12H2,(H,27,28)/t13-,16+. The van der Waals surface area contributed by atoms with E-state index in [2.05, 4.69) is 5.32 Å². The molecule has 1 saturated carbocycles. The molecule has 168 valence electrons. The Hall–Kier alpha value is -2.13. The predicted octanol–water partition coefficient (Wildman–Crippen LogP) is 5.26. The lowest BCUT2D eigenvalue weighted by molar-refractivity contribution is -0.137. The summed E-state index contributed by atoms with van der Waals surface area (Å²) < 4.78 is 77.1. The number of amides is 1. The van der Waals surface area contributed by atoms with Gasteiger partial charge in [-0.2, -0.15) is 13.2 Å². The summed E-state index contributed by atoms with van der Waals surface area (Å²) in [5.41, 5.74) is -0.776. The first kappa shape index (κ1) is 23.5. The van der Waals surface area contributed by atoms with E-state index >= 15 is 0 Å². The largest absolute Gasteiger partial charge is 0.416 e. The predicted molar refractivity (Wildman–Crippen MR) is 108 cm³/mol. The molecule has 1 fully saturated rings. The minimum Gasteiger partial charge on any atom is -0.349 e. The Kier molecular flexibility index (Phi) is 6.95. The fourth-order valence-corrected chi connectivity index (χ4v) is 5.57. The summed E-state index contributed by atoms with van der Waals surface area (Å²) in [4.78, 5) is 12.0. The van der Waals surface area contributed by atoms with Crippen molar-refractivity contribution in [1.82, 2.24) is 5.32 Å². The van der Waals surface area contributed by atoms with Crippen LogP contribution in [0.4, 0.5) is 17.6 Å². The maximum absolute atomic E-state index is 13.2. The number of rotatable bonds is 5. The normalized spacial score (nSPS) is 19.8. The third kappa shape index (κ3) is 5.98. The average molecular weight is 478 g/mol. The summed E-state index contributed by atoms with van der Waals surface area (Å²) in [6.45, 7) is 0. The molecule has 4 nitrogen and oxygen atoms in total. The number of carbonyl (C=O) groups excluding carboxylic acids is 1. The number of sulfone groups is 1. The molecule has 10 heteroatoms. The van der Waals surface area contributed by atoms with E-state index in [4.69, 9.17) is 11.6 Å². The third-order valence-electron chi connectivity index (χ3n) is 5.34. The number of benzene rings is 2. The van der Waals surface area contributed by atoms with Crippen molar-refractivity contribution in [2.45, 2.75) is 42.8 Å². The summed E-state index contributed by atoms with van der Waals surface area (Å²) in [6.07, 6.45) is -2.54. The van der Waals surface area contributed by atoms with Crippen molar-refractivity contribution in [3.05, 3.63) is 64.4 Å². The minimum absolute atomic E-state index is 0.156. The van der Waals surface area contributed by atoms with Crippen molar-refractivity contribution in [3.8, 4) is 0 Å². The number of nitrogens with one attached hydrogen (secondary N) is 1. The quantitative estimate of drug-likeness (QED) is 0.597. The van der Waals surface area contributed by atoms with Crippen molar-refractivity contribution in [1.29, 1.82) is 0 Å². The van der Waals surface area contributed by atoms with Crippen LogP contribution < -0.4 is 5.32 Å². The molecule has 0 saturated heterocycles. The SMILES string of the molecule is O=C(N[C@H]1CC[C@@H](CS(=O)(=O)c2cccc(C(F)(F)F)c2)CC1)c1ccc(F)c(Cl)c1. The fraction of sp³-hybridized carbons (Fsp3) is 0.381. The van der Waals surface area contributed by atoms with Crippen LogP contribution in [0.3, 0.4) is 0 Å². The Morgan fingerprint density at radius 3 is 2.35 bits per heavy atom. The van der Waals surface area contributed by atoms with Crippen LogP contribution in [0.15, 0.2) is 47.4 Å². The molecule has 2 aromatic rings. The second-order valence-corrected chi connectivity index (χ2v) is 10.1. The number of alkyl halides is 3. The highest BCUT2D eigenvalue weighted by Crippen LogP contribution is 2.32. The van der Waals surface area contributed by atoms with Gasteiger partial charge in [0.05, 0.1) is 21.2 Å². The first-order valence-corrected chi connectivity index (χ1v) is 11.6. The van der Waals surface area contributed by atoms with Crippen LogP contribution in [-0.4, -0.2) is 26.1 Å². The fourth-order valence-electron chi connectivity index (χ4n) is 3.65. The maximum Gasteiger partial charge on any atom is 0.416 e. The molecular weight excluding hydrogens is 458 g/mol. The number of carbonyl (C=O) groups is 1. The van der Waals surface area contributed by atoms with Gasteiger partial charge in [0.25, 0.3) is 5.91 Å². The topological polar surface area (TPSA) is 63.2 Å². The van der Waals surface area contributed by atoms with Gasteiger partial charge < -0.3 is 5.32 Å². The summed E-state index contributed by atoms with van der Waals surface area (Å²) in [5.74, 6) is -1.49. The smallest absolute Gasteiger partial charge is 0.349 e.